The van der Waals surface area contributed by atoms with Crippen molar-refractivity contribution in [3.63, 3.8) is 0 Å². The zero-order valence-corrected chi connectivity index (χ0v) is 7.73. The topological polar surface area (TPSA) is 49.7 Å². The fourth-order valence-corrected chi connectivity index (χ4v) is 1.03. The molecule has 72 valence electrons. The van der Waals surface area contributed by atoms with Crippen molar-refractivity contribution in [3.8, 4) is 0 Å². The first kappa shape index (κ1) is 11.6. The standard InChI is InChI=1S/C9H18O3/c1-4-5-12-9(7(2)3)8(11)6-10/h4,7-11H,1,5-6H2,2-3H3. The highest BCUT2D eigenvalue weighted by Gasteiger charge is 2.21. The lowest BCUT2D eigenvalue weighted by molar-refractivity contribution is -0.0703. The predicted molar refractivity (Wildman–Crippen MR) is 47.9 cm³/mol. The van der Waals surface area contributed by atoms with Gasteiger partial charge in [-0.3, -0.25) is 0 Å². The van der Waals surface area contributed by atoms with Gasteiger partial charge in [0.25, 0.3) is 0 Å². The summed E-state index contributed by atoms with van der Waals surface area (Å²) >= 11 is 0. The molecule has 0 rings (SSSR count). The van der Waals surface area contributed by atoms with Gasteiger partial charge in [-0.15, -0.1) is 6.58 Å². The van der Waals surface area contributed by atoms with Gasteiger partial charge in [-0.2, -0.15) is 0 Å². The first-order chi connectivity index (χ1) is 5.63. The van der Waals surface area contributed by atoms with Gasteiger partial charge in [0.1, 0.15) is 6.10 Å². The van der Waals surface area contributed by atoms with Crippen molar-refractivity contribution < 1.29 is 14.9 Å². The maximum atomic E-state index is 9.31. The number of hydrogen-bond donors (Lipinski definition) is 2. The van der Waals surface area contributed by atoms with Gasteiger partial charge < -0.3 is 14.9 Å². The lowest BCUT2D eigenvalue weighted by atomic mass is 10.0. The van der Waals surface area contributed by atoms with Gasteiger partial charge in [-0.1, -0.05) is 19.9 Å². The molecule has 0 aliphatic heterocycles. The van der Waals surface area contributed by atoms with E-state index in [9.17, 15) is 5.11 Å². The summed E-state index contributed by atoms with van der Waals surface area (Å²) in [7, 11) is 0. The van der Waals surface area contributed by atoms with Crippen LogP contribution in [-0.2, 0) is 4.74 Å². The van der Waals surface area contributed by atoms with E-state index in [1.54, 1.807) is 6.08 Å². The molecule has 0 aromatic carbocycles. The number of rotatable bonds is 6. The number of hydrogen-bond acceptors (Lipinski definition) is 3. The van der Waals surface area contributed by atoms with Crippen molar-refractivity contribution in [2.24, 2.45) is 5.92 Å². The smallest absolute Gasteiger partial charge is 0.103 e. The molecule has 0 fully saturated rings. The van der Waals surface area contributed by atoms with Gasteiger partial charge in [0.05, 0.1) is 19.3 Å². The minimum absolute atomic E-state index is 0.187. The van der Waals surface area contributed by atoms with E-state index in [-0.39, 0.29) is 18.6 Å². The van der Waals surface area contributed by atoms with Crippen LogP contribution in [-0.4, -0.2) is 35.6 Å². The van der Waals surface area contributed by atoms with E-state index < -0.39 is 6.10 Å². The second-order valence-electron chi connectivity index (χ2n) is 3.08. The Morgan fingerprint density at radius 3 is 2.42 bits per heavy atom. The van der Waals surface area contributed by atoms with Gasteiger partial charge >= 0.3 is 0 Å². The molecule has 12 heavy (non-hydrogen) atoms. The second kappa shape index (κ2) is 6.17. The minimum atomic E-state index is -0.801. The van der Waals surface area contributed by atoms with Crippen LogP contribution in [0.3, 0.4) is 0 Å². The molecule has 0 aliphatic carbocycles. The van der Waals surface area contributed by atoms with Crippen LogP contribution >= 0.6 is 0 Å². The Morgan fingerprint density at radius 2 is 2.08 bits per heavy atom. The highest BCUT2D eigenvalue weighted by Crippen LogP contribution is 2.10. The Labute approximate surface area is 73.7 Å². The van der Waals surface area contributed by atoms with E-state index >= 15 is 0 Å². The third-order valence-electron chi connectivity index (χ3n) is 1.63. The maximum Gasteiger partial charge on any atom is 0.103 e. The van der Waals surface area contributed by atoms with Crippen LogP contribution in [0, 0.1) is 5.92 Å². The quantitative estimate of drug-likeness (QED) is 0.579. The van der Waals surface area contributed by atoms with Gasteiger partial charge in [-0.25, -0.2) is 0 Å². The third kappa shape index (κ3) is 3.85. The van der Waals surface area contributed by atoms with Gasteiger partial charge in [0.15, 0.2) is 0 Å². The SMILES string of the molecule is C=CCOC(C(C)C)C(O)CO. The summed E-state index contributed by atoms with van der Waals surface area (Å²) < 4.78 is 5.28. The van der Waals surface area contributed by atoms with Crippen LogP contribution in [0.25, 0.3) is 0 Å². The first-order valence-electron chi connectivity index (χ1n) is 4.14. The maximum absolute atomic E-state index is 9.31. The van der Waals surface area contributed by atoms with Crippen LogP contribution in [0.1, 0.15) is 13.8 Å². The molecule has 0 radical (unpaired) electrons. The predicted octanol–water partition coefficient (Wildman–Crippen LogP) is 0.567. The lowest BCUT2D eigenvalue weighted by Crippen LogP contribution is -2.36. The van der Waals surface area contributed by atoms with Crippen molar-refractivity contribution >= 4 is 0 Å². The summed E-state index contributed by atoms with van der Waals surface area (Å²) in [5, 5.41) is 18.0. The van der Waals surface area contributed by atoms with E-state index in [0.717, 1.165) is 0 Å². The van der Waals surface area contributed by atoms with E-state index in [4.69, 9.17) is 9.84 Å². The fourth-order valence-electron chi connectivity index (χ4n) is 1.03. The highest BCUT2D eigenvalue weighted by molar-refractivity contribution is 4.74. The third-order valence-corrected chi connectivity index (χ3v) is 1.63. The van der Waals surface area contributed by atoms with E-state index in [2.05, 4.69) is 6.58 Å². The Bertz CT molecular complexity index is 123. The molecule has 3 nitrogen and oxygen atoms in total. The Balaban J connectivity index is 3.93. The molecular formula is C9H18O3. The molecule has 2 atom stereocenters. The zero-order chi connectivity index (χ0) is 9.56. The van der Waals surface area contributed by atoms with E-state index in [0.29, 0.717) is 6.61 Å². The number of aliphatic hydroxyl groups is 2. The molecule has 0 aromatic heterocycles. The summed E-state index contributed by atoms with van der Waals surface area (Å²) in [6.07, 6.45) is 0.511. The molecular weight excluding hydrogens is 156 g/mol. The zero-order valence-electron chi connectivity index (χ0n) is 7.73. The molecule has 0 saturated heterocycles. The van der Waals surface area contributed by atoms with Crippen LogP contribution < -0.4 is 0 Å². The van der Waals surface area contributed by atoms with E-state index in [1.807, 2.05) is 13.8 Å². The van der Waals surface area contributed by atoms with Crippen LogP contribution in [0.15, 0.2) is 12.7 Å². The first-order valence-corrected chi connectivity index (χ1v) is 4.14. The Morgan fingerprint density at radius 1 is 1.50 bits per heavy atom. The Kier molecular flexibility index (Phi) is 5.98. The largest absolute Gasteiger partial charge is 0.394 e. The van der Waals surface area contributed by atoms with Gasteiger partial charge in [-0.05, 0) is 5.92 Å². The van der Waals surface area contributed by atoms with Crippen LogP contribution in [0.4, 0.5) is 0 Å². The molecule has 0 aliphatic rings. The van der Waals surface area contributed by atoms with E-state index in [1.165, 1.54) is 0 Å². The summed E-state index contributed by atoms with van der Waals surface area (Å²) in [6, 6.07) is 0. The minimum Gasteiger partial charge on any atom is -0.394 e. The summed E-state index contributed by atoms with van der Waals surface area (Å²) in [6.45, 7) is 7.52. The highest BCUT2D eigenvalue weighted by atomic mass is 16.5. The molecule has 0 bridgehead atoms. The van der Waals surface area contributed by atoms with Gasteiger partial charge in [0, 0.05) is 0 Å². The normalized spacial score (nSPS) is 16.1. The average molecular weight is 174 g/mol. The van der Waals surface area contributed by atoms with Crippen molar-refractivity contribution in [1.29, 1.82) is 0 Å². The van der Waals surface area contributed by atoms with Crippen molar-refractivity contribution in [1.82, 2.24) is 0 Å². The van der Waals surface area contributed by atoms with Crippen molar-refractivity contribution in [3.05, 3.63) is 12.7 Å². The van der Waals surface area contributed by atoms with Gasteiger partial charge in [0.2, 0.25) is 0 Å². The lowest BCUT2D eigenvalue weighted by Gasteiger charge is -2.24. The average Bonchev–Trinajstić information content (AvgIpc) is 2.04. The molecule has 0 amide bonds. The summed E-state index contributed by atoms with van der Waals surface area (Å²) in [5.74, 6) is 0.187. The molecule has 2 N–H and O–H groups in total. The van der Waals surface area contributed by atoms with Crippen LogP contribution in [0.5, 0.6) is 0 Å². The molecule has 0 saturated carbocycles. The van der Waals surface area contributed by atoms with Crippen molar-refractivity contribution in [2.75, 3.05) is 13.2 Å². The van der Waals surface area contributed by atoms with Crippen LogP contribution in [0.2, 0.25) is 0 Å². The Hall–Kier alpha value is -0.380. The number of aliphatic hydroxyl groups excluding tert-OH is 2. The molecule has 2 unspecified atom stereocenters. The molecule has 0 aromatic rings. The molecule has 3 heteroatoms. The molecule has 0 heterocycles. The summed E-state index contributed by atoms with van der Waals surface area (Å²) in [4.78, 5) is 0. The second-order valence-corrected chi connectivity index (χ2v) is 3.08. The monoisotopic (exact) mass is 174 g/mol. The molecule has 0 spiro atoms. The number of ether oxygens (including phenoxy) is 1. The summed E-state index contributed by atoms with van der Waals surface area (Å²) in [5.41, 5.74) is 0. The van der Waals surface area contributed by atoms with Crippen molar-refractivity contribution in [2.45, 2.75) is 26.1 Å². The fraction of sp³-hybridized carbons (Fsp3) is 0.778.